The van der Waals surface area contributed by atoms with Crippen molar-refractivity contribution in [1.29, 1.82) is 0 Å². The van der Waals surface area contributed by atoms with Crippen molar-refractivity contribution in [3.63, 3.8) is 0 Å². The lowest BCUT2D eigenvalue weighted by Crippen LogP contribution is -2.36. The van der Waals surface area contributed by atoms with Crippen LogP contribution in [0.15, 0.2) is 18.3 Å². The Morgan fingerprint density at radius 2 is 2.21 bits per heavy atom. The van der Waals surface area contributed by atoms with Crippen LogP contribution in [-0.2, 0) is 0 Å². The van der Waals surface area contributed by atoms with Crippen LogP contribution in [0.2, 0.25) is 0 Å². The van der Waals surface area contributed by atoms with Crippen molar-refractivity contribution in [3.8, 4) is 0 Å². The van der Waals surface area contributed by atoms with Crippen LogP contribution < -0.4 is 4.90 Å². The molecule has 0 bridgehead atoms. The number of pyridine rings is 1. The summed E-state index contributed by atoms with van der Waals surface area (Å²) in [7, 11) is 0. The van der Waals surface area contributed by atoms with E-state index in [2.05, 4.69) is 4.98 Å². The van der Waals surface area contributed by atoms with Crippen LogP contribution in [0.3, 0.4) is 0 Å². The second kappa shape index (κ2) is 4.09. The Morgan fingerprint density at radius 3 is 2.64 bits per heavy atom. The van der Waals surface area contributed by atoms with E-state index in [1.165, 1.54) is 4.90 Å². The fraction of sp³-hybridized carbons (Fsp3) is 0.400. The van der Waals surface area contributed by atoms with Crippen LogP contribution in [0.4, 0.5) is 10.6 Å². The molecule has 0 saturated carbocycles. The Balaban J connectivity index is 3.05. The molecule has 14 heavy (non-hydrogen) atoms. The number of aryl methyl sites for hydroxylation is 1. The summed E-state index contributed by atoms with van der Waals surface area (Å²) in [5.74, 6) is 0.479. The molecule has 0 aliphatic rings. The summed E-state index contributed by atoms with van der Waals surface area (Å²) in [6, 6.07) is 3.49. The van der Waals surface area contributed by atoms with E-state index < -0.39 is 6.09 Å². The normalized spacial score (nSPS) is 10.3. The van der Waals surface area contributed by atoms with Gasteiger partial charge in [-0.15, -0.1) is 0 Å². The first kappa shape index (κ1) is 10.5. The van der Waals surface area contributed by atoms with Gasteiger partial charge in [-0.05, 0) is 38.5 Å². The summed E-state index contributed by atoms with van der Waals surface area (Å²) in [6.07, 6.45) is 0.640. The van der Waals surface area contributed by atoms with Gasteiger partial charge < -0.3 is 5.11 Å². The number of anilines is 1. The van der Waals surface area contributed by atoms with Crippen molar-refractivity contribution in [2.75, 3.05) is 4.90 Å². The maximum atomic E-state index is 10.9. The van der Waals surface area contributed by atoms with Gasteiger partial charge in [0.05, 0.1) is 0 Å². The van der Waals surface area contributed by atoms with Crippen molar-refractivity contribution in [2.45, 2.75) is 26.8 Å². The Kier molecular flexibility index (Phi) is 3.06. The molecule has 4 heteroatoms. The first-order valence-electron chi connectivity index (χ1n) is 4.47. The zero-order valence-corrected chi connectivity index (χ0v) is 8.56. The van der Waals surface area contributed by atoms with Crippen LogP contribution >= 0.6 is 0 Å². The SMILES string of the molecule is Cc1ccnc(N(C(=O)O)C(C)C)c1. The molecule has 0 aromatic carbocycles. The molecule has 0 atom stereocenters. The van der Waals surface area contributed by atoms with Crippen molar-refractivity contribution in [2.24, 2.45) is 0 Å². The van der Waals surface area contributed by atoms with Crippen molar-refractivity contribution in [3.05, 3.63) is 23.9 Å². The lowest BCUT2D eigenvalue weighted by Gasteiger charge is -2.22. The quantitative estimate of drug-likeness (QED) is 0.785. The highest BCUT2D eigenvalue weighted by Crippen LogP contribution is 2.15. The minimum absolute atomic E-state index is 0.109. The minimum Gasteiger partial charge on any atom is -0.465 e. The zero-order valence-electron chi connectivity index (χ0n) is 8.56. The fourth-order valence-corrected chi connectivity index (χ4v) is 1.24. The Morgan fingerprint density at radius 1 is 1.57 bits per heavy atom. The van der Waals surface area contributed by atoms with Gasteiger partial charge in [0.15, 0.2) is 0 Å². The number of carbonyl (C=O) groups is 1. The molecule has 1 aromatic heterocycles. The van der Waals surface area contributed by atoms with Gasteiger partial charge in [0.2, 0.25) is 0 Å². The van der Waals surface area contributed by atoms with Gasteiger partial charge in [0, 0.05) is 12.2 Å². The van der Waals surface area contributed by atoms with Crippen molar-refractivity contribution in [1.82, 2.24) is 4.98 Å². The number of nitrogens with zero attached hydrogens (tertiary/aromatic N) is 2. The Hall–Kier alpha value is -1.58. The maximum Gasteiger partial charge on any atom is 0.413 e. The molecule has 0 aliphatic heterocycles. The highest BCUT2D eigenvalue weighted by Gasteiger charge is 2.18. The van der Waals surface area contributed by atoms with E-state index >= 15 is 0 Å². The molecule has 0 aliphatic carbocycles. The molecule has 76 valence electrons. The van der Waals surface area contributed by atoms with E-state index in [1.54, 1.807) is 12.3 Å². The summed E-state index contributed by atoms with van der Waals surface area (Å²) in [6.45, 7) is 5.54. The van der Waals surface area contributed by atoms with Crippen LogP contribution in [0.5, 0.6) is 0 Å². The smallest absolute Gasteiger partial charge is 0.413 e. The summed E-state index contributed by atoms with van der Waals surface area (Å²) in [5, 5.41) is 8.97. The van der Waals surface area contributed by atoms with Gasteiger partial charge >= 0.3 is 6.09 Å². The van der Waals surface area contributed by atoms with Gasteiger partial charge in [0.25, 0.3) is 0 Å². The summed E-state index contributed by atoms with van der Waals surface area (Å²) < 4.78 is 0. The largest absolute Gasteiger partial charge is 0.465 e. The molecular formula is C10H14N2O2. The zero-order chi connectivity index (χ0) is 10.7. The third-order valence-electron chi connectivity index (χ3n) is 1.87. The number of hydrogen-bond acceptors (Lipinski definition) is 2. The first-order chi connectivity index (χ1) is 6.52. The second-order valence-electron chi connectivity index (χ2n) is 3.44. The molecule has 1 aromatic rings. The lowest BCUT2D eigenvalue weighted by atomic mass is 10.2. The predicted molar refractivity (Wildman–Crippen MR) is 54.6 cm³/mol. The molecule has 1 N–H and O–H groups in total. The third kappa shape index (κ3) is 2.22. The average Bonchev–Trinajstić information content (AvgIpc) is 2.02. The maximum absolute atomic E-state index is 10.9. The number of carboxylic acid groups (broad SMARTS) is 1. The van der Waals surface area contributed by atoms with Crippen LogP contribution in [0.1, 0.15) is 19.4 Å². The Bertz CT molecular complexity index is 337. The molecular weight excluding hydrogens is 180 g/mol. The van der Waals surface area contributed by atoms with E-state index in [-0.39, 0.29) is 6.04 Å². The van der Waals surface area contributed by atoms with Gasteiger partial charge in [-0.3, -0.25) is 4.90 Å². The monoisotopic (exact) mass is 194 g/mol. The van der Waals surface area contributed by atoms with E-state index in [4.69, 9.17) is 5.11 Å². The van der Waals surface area contributed by atoms with Crippen molar-refractivity contribution >= 4 is 11.9 Å². The van der Waals surface area contributed by atoms with Crippen LogP contribution in [-0.4, -0.2) is 22.2 Å². The second-order valence-corrected chi connectivity index (χ2v) is 3.44. The molecule has 0 spiro atoms. The molecule has 0 radical (unpaired) electrons. The number of rotatable bonds is 2. The molecule has 1 rings (SSSR count). The standard InChI is InChI=1S/C10H14N2O2/c1-7(2)12(10(13)14)9-6-8(3)4-5-11-9/h4-7H,1-3H3,(H,13,14). The minimum atomic E-state index is -0.974. The summed E-state index contributed by atoms with van der Waals surface area (Å²) in [4.78, 5) is 16.2. The van der Waals surface area contributed by atoms with Gasteiger partial charge in [-0.2, -0.15) is 0 Å². The van der Waals surface area contributed by atoms with E-state index in [0.717, 1.165) is 5.56 Å². The van der Waals surface area contributed by atoms with E-state index in [0.29, 0.717) is 5.82 Å². The topological polar surface area (TPSA) is 53.4 Å². The van der Waals surface area contributed by atoms with Gasteiger partial charge in [-0.25, -0.2) is 9.78 Å². The third-order valence-corrected chi connectivity index (χ3v) is 1.87. The predicted octanol–water partition coefficient (Wildman–Crippen LogP) is 2.28. The van der Waals surface area contributed by atoms with E-state index in [1.807, 2.05) is 26.8 Å². The summed E-state index contributed by atoms with van der Waals surface area (Å²) >= 11 is 0. The molecule has 0 saturated heterocycles. The highest BCUT2D eigenvalue weighted by molar-refractivity contribution is 5.85. The number of amides is 1. The molecule has 4 nitrogen and oxygen atoms in total. The first-order valence-corrected chi connectivity index (χ1v) is 4.47. The molecule has 0 unspecified atom stereocenters. The average molecular weight is 194 g/mol. The van der Waals surface area contributed by atoms with E-state index in [9.17, 15) is 4.79 Å². The number of hydrogen-bond donors (Lipinski definition) is 1. The van der Waals surface area contributed by atoms with Gasteiger partial charge in [0.1, 0.15) is 5.82 Å². The van der Waals surface area contributed by atoms with Crippen LogP contribution in [0, 0.1) is 6.92 Å². The van der Waals surface area contributed by atoms with Crippen molar-refractivity contribution < 1.29 is 9.90 Å². The summed E-state index contributed by atoms with van der Waals surface area (Å²) in [5.41, 5.74) is 1.00. The molecule has 1 amide bonds. The molecule has 1 heterocycles. The highest BCUT2D eigenvalue weighted by atomic mass is 16.4. The fourth-order valence-electron chi connectivity index (χ4n) is 1.24. The molecule has 0 fully saturated rings. The lowest BCUT2D eigenvalue weighted by molar-refractivity contribution is 0.200. The Labute approximate surface area is 83.2 Å². The van der Waals surface area contributed by atoms with Gasteiger partial charge in [-0.1, -0.05) is 0 Å². The number of aromatic nitrogens is 1. The van der Waals surface area contributed by atoms with Crippen LogP contribution in [0.25, 0.3) is 0 Å².